The Hall–Kier alpha value is -2.35. The zero-order valence-corrected chi connectivity index (χ0v) is 24.8. The van der Waals surface area contributed by atoms with Gasteiger partial charge in [-0.15, -0.1) is 6.42 Å². The van der Waals surface area contributed by atoms with Crippen LogP contribution in [0.2, 0.25) is 10.1 Å². The second-order valence-corrected chi connectivity index (χ2v) is 16.5. The van der Waals surface area contributed by atoms with E-state index in [0.29, 0.717) is 13.0 Å². The summed E-state index contributed by atoms with van der Waals surface area (Å²) >= 11 is 0. The van der Waals surface area contributed by atoms with Gasteiger partial charge < -0.3 is 32.5 Å². The summed E-state index contributed by atoms with van der Waals surface area (Å²) in [5.41, 5.74) is 0.943. The summed E-state index contributed by atoms with van der Waals surface area (Å²) in [6.45, 7) is 13.7. The second kappa shape index (κ2) is 12.2. The average Bonchev–Trinajstić information content (AvgIpc) is 2.87. The zero-order chi connectivity index (χ0) is 28.1. The maximum Gasteiger partial charge on any atom is 0.349 e. The van der Waals surface area contributed by atoms with E-state index in [1.54, 1.807) is 7.11 Å². The van der Waals surface area contributed by atoms with E-state index in [4.69, 9.17) is 34.2 Å². The van der Waals surface area contributed by atoms with Crippen LogP contribution in [0, 0.1) is 12.3 Å². The molecule has 210 valence electrons. The van der Waals surface area contributed by atoms with Crippen LogP contribution in [-0.2, 0) is 39.2 Å². The topological polar surface area (TPSA) is 81.7 Å². The number of esters is 1. The van der Waals surface area contributed by atoms with Crippen LogP contribution in [0.25, 0.3) is 0 Å². The number of hydrogen-bond acceptors (Lipinski definition) is 8. The quantitative estimate of drug-likeness (QED) is 0.150. The van der Waals surface area contributed by atoms with Crippen LogP contribution in [-0.4, -0.2) is 65.9 Å². The van der Waals surface area contributed by atoms with Crippen LogP contribution in [0.15, 0.2) is 36.6 Å². The summed E-state index contributed by atoms with van der Waals surface area (Å²) in [5.74, 6) is 2.97. The van der Waals surface area contributed by atoms with E-state index in [-0.39, 0.29) is 28.9 Å². The van der Waals surface area contributed by atoms with E-state index in [9.17, 15) is 4.79 Å². The molecule has 2 fully saturated rings. The van der Waals surface area contributed by atoms with Gasteiger partial charge in [-0.05, 0) is 17.7 Å². The molecule has 0 aliphatic carbocycles. The van der Waals surface area contributed by atoms with Crippen molar-refractivity contribution < 1.29 is 37.3 Å². The van der Waals surface area contributed by atoms with E-state index in [1.165, 1.54) is 19.4 Å². The van der Waals surface area contributed by atoms with Crippen molar-refractivity contribution >= 4 is 14.5 Å². The lowest BCUT2D eigenvalue weighted by molar-refractivity contribution is -0.222. The number of ether oxygens (including phenoxy) is 5. The molecular weight excluding hydrogens is 504 g/mol. The van der Waals surface area contributed by atoms with Crippen molar-refractivity contribution in [1.29, 1.82) is 0 Å². The lowest BCUT2D eigenvalue weighted by atomic mass is 9.95. The Morgan fingerprint density at radius 3 is 2.34 bits per heavy atom. The van der Waals surface area contributed by atoms with Crippen molar-refractivity contribution in [2.45, 2.75) is 95.2 Å². The Morgan fingerprint density at radius 2 is 1.79 bits per heavy atom. The second-order valence-electron chi connectivity index (χ2n) is 11.7. The maximum absolute atomic E-state index is 11.6. The molecule has 0 saturated carbocycles. The normalized spacial score (nSPS) is 26.2. The summed E-state index contributed by atoms with van der Waals surface area (Å²) in [5, 5.41) is -0.339. The summed E-state index contributed by atoms with van der Waals surface area (Å²) < 4.78 is 42.1. The molecule has 2 saturated heterocycles. The SMILES string of the molecule is C#C[C@H](OCc1ccc(OC)cc1)[C@@H]1O[C@@H]2CO[Si](C(C)(C)C)(C(C)(C)C)O[C@H]2C[C@H]1O/C=C/C(=O)OC. The summed E-state index contributed by atoms with van der Waals surface area (Å²) in [6, 6.07) is 7.57. The van der Waals surface area contributed by atoms with Crippen LogP contribution in [0.4, 0.5) is 0 Å². The fourth-order valence-corrected chi connectivity index (χ4v) is 10.3. The number of fused-ring (bicyclic) bond motifs is 1. The molecule has 1 aromatic rings. The number of benzene rings is 1. The third-order valence-corrected chi connectivity index (χ3v) is 12.2. The number of carbonyl (C=O) groups excluding carboxylic acids is 1. The predicted molar refractivity (Wildman–Crippen MR) is 146 cm³/mol. The van der Waals surface area contributed by atoms with Crippen LogP contribution >= 0.6 is 0 Å². The molecule has 0 N–H and O–H groups in total. The molecule has 3 rings (SSSR count). The molecule has 2 heterocycles. The molecule has 0 bridgehead atoms. The number of terminal acetylenes is 1. The zero-order valence-electron chi connectivity index (χ0n) is 23.8. The Labute approximate surface area is 228 Å². The number of rotatable bonds is 8. The van der Waals surface area contributed by atoms with E-state index < -0.39 is 32.8 Å². The molecular formula is C29H42O8Si. The number of methoxy groups -OCH3 is 2. The number of hydrogen-bond donors (Lipinski definition) is 0. The summed E-state index contributed by atoms with van der Waals surface area (Å²) in [6.07, 6.45) is 6.58. The molecule has 8 nitrogen and oxygen atoms in total. The standard InChI is InChI=1S/C29H42O8Si/c1-10-22(34-18-20-11-13-21(31-8)14-12-20)27-24(33-16-15-26(30)32-9)17-23-25(36-27)19-35-38(37-23,28(2,3)4)29(5,6)7/h1,11-16,22-25,27H,17-19H2,2-9H3/b16-15+/t22-,23-,24+,25+,27-/m0/s1. The lowest BCUT2D eigenvalue weighted by Crippen LogP contribution is -2.68. The highest BCUT2D eigenvalue weighted by atomic mass is 28.4. The molecule has 0 aromatic heterocycles. The van der Waals surface area contributed by atoms with Crippen molar-refractivity contribution in [2.75, 3.05) is 20.8 Å². The van der Waals surface area contributed by atoms with Gasteiger partial charge in [-0.1, -0.05) is 59.6 Å². The Bertz CT molecular complexity index is 987. The molecule has 2 aliphatic heterocycles. The van der Waals surface area contributed by atoms with Gasteiger partial charge in [0.2, 0.25) is 0 Å². The minimum Gasteiger partial charge on any atom is -0.497 e. The smallest absolute Gasteiger partial charge is 0.349 e. The van der Waals surface area contributed by atoms with Crippen molar-refractivity contribution in [3.05, 3.63) is 42.2 Å². The van der Waals surface area contributed by atoms with Crippen LogP contribution < -0.4 is 4.74 Å². The van der Waals surface area contributed by atoms with Gasteiger partial charge in [0, 0.05) is 16.5 Å². The fraction of sp³-hybridized carbons (Fsp3) is 0.621. The number of carbonyl (C=O) groups is 1. The molecule has 0 radical (unpaired) electrons. The van der Waals surface area contributed by atoms with E-state index in [2.05, 4.69) is 52.2 Å². The average molecular weight is 547 g/mol. The third-order valence-electron chi connectivity index (χ3n) is 7.03. The van der Waals surface area contributed by atoms with Crippen LogP contribution in [0.1, 0.15) is 53.5 Å². The van der Waals surface area contributed by atoms with Gasteiger partial charge in [-0.25, -0.2) is 4.79 Å². The van der Waals surface area contributed by atoms with Crippen molar-refractivity contribution in [3.8, 4) is 18.1 Å². The largest absolute Gasteiger partial charge is 0.497 e. The van der Waals surface area contributed by atoms with Gasteiger partial charge in [0.05, 0.1) is 45.9 Å². The molecule has 0 unspecified atom stereocenters. The first-order valence-electron chi connectivity index (χ1n) is 12.9. The Kier molecular flexibility index (Phi) is 9.71. The first-order chi connectivity index (χ1) is 17.8. The first-order valence-corrected chi connectivity index (χ1v) is 14.7. The van der Waals surface area contributed by atoms with Gasteiger partial charge in [-0.2, -0.15) is 0 Å². The first kappa shape index (κ1) is 30.2. The highest BCUT2D eigenvalue weighted by Gasteiger charge is 2.63. The van der Waals surface area contributed by atoms with Gasteiger partial charge in [-0.3, -0.25) is 0 Å². The molecule has 9 heteroatoms. The van der Waals surface area contributed by atoms with Crippen molar-refractivity contribution in [3.63, 3.8) is 0 Å². The summed E-state index contributed by atoms with van der Waals surface area (Å²) in [4.78, 5) is 11.6. The van der Waals surface area contributed by atoms with Crippen LogP contribution in [0.3, 0.4) is 0 Å². The predicted octanol–water partition coefficient (Wildman–Crippen LogP) is 4.90. The van der Waals surface area contributed by atoms with E-state index in [1.807, 2.05) is 24.3 Å². The van der Waals surface area contributed by atoms with Gasteiger partial charge in [0.1, 0.15) is 30.2 Å². The van der Waals surface area contributed by atoms with Gasteiger partial charge in [0.15, 0.2) is 0 Å². The molecule has 0 spiro atoms. The van der Waals surface area contributed by atoms with E-state index >= 15 is 0 Å². The molecule has 0 amide bonds. The minimum atomic E-state index is -2.71. The Morgan fingerprint density at radius 1 is 1.13 bits per heavy atom. The molecule has 38 heavy (non-hydrogen) atoms. The van der Waals surface area contributed by atoms with Gasteiger partial charge >= 0.3 is 14.5 Å². The lowest BCUT2D eigenvalue weighted by Gasteiger charge is -2.56. The Balaban J connectivity index is 1.82. The highest BCUT2D eigenvalue weighted by Crippen LogP contribution is 2.55. The minimum absolute atomic E-state index is 0.170. The molecule has 1 aromatic carbocycles. The maximum atomic E-state index is 11.6. The molecule has 5 atom stereocenters. The van der Waals surface area contributed by atoms with Crippen molar-refractivity contribution in [1.82, 2.24) is 0 Å². The summed E-state index contributed by atoms with van der Waals surface area (Å²) in [7, 11) is 0.219. The third kappa shape index (κ3) is 6.61. The van der Waals surface area contributed by atoms with E-state index in [0.717, 1.165) is 11.3 Å². The fourth-order valence-electron chi connectivity index (χ4n) is 5.33. The highest BCUT2D eigenvalue weighted by molar-refractivity contribution is 6.73. The van der Waals surface area contributed by atoms with Gasteiger partial charge in [0.25, 0.3) is 0 Å². The molecule has 2 aliphatic rings. The monoisotopic (exact) mass is 546 g/mol. The van der Waals surface area contributed by atoms with Crippen molar-refractivity contribution in [2.24, 2.45) is 0 Å². The van der Waals surface area contributed by atoms with Crippen LogP contribution in [0.5, 0.6) is 5.75 Å².